The Balaban J connectivity index is 2.94. The summed E-state index contributed by atoms with van der Waals surface area (Å²) in [6.45, 7) is 1.31. The molecule has 1 aromatic rings. The van der Waals surface area contributed by atoms with E-state index in [9.17, 15) is 14.7 Å². The summed E-state index contributed by atoms with van der Waals surface area (Å²) < 4.78 is 0. The number of carboxylic acids is 1. The molecule has 3 N–H and O–H groups in total. The van der Waals surface area contributed by atoms with Crippen LogP contribution < -0.4 is 10.2 Å². The minimum Gasteiger partial charge on any atom is -0.508 e. The Morgan fingerprint density at radius 2 is 2.00 bits per heavy atom. The molecule has 2 amide bonds. The number of rotatable bonds is 5. The van der Waals surface area contributed by atoms with Crippen molar-refractivity contribution in [2.24, 2.45) is 0 Å². The van der Waals surface area contributed by atoms with Crippen LogP contribution in [0, 0.1) is 12.3 Å². The van der Waals surface area contributed by atoms with Crippen LogP contribution in [0.3, 0.4) is 0 Å². The molecule has 0 aliphatic carbocycles. The maximum Gasteiger partial charge on any atom is 0.323 e. The zero-order chi connectivity index (χ0) is 15.1. The SMILES string of the molecule is C#CC(CC)NC(=O)N(CC(=O)O)c1ccc(O)cc1. The quantitative estimate of drug-likeness (QED) is 0.709. The number of nitrogens with one attached hydrogen (secondary N) is 1. The monoisotopic (exact) mass is 276 g/mol. The lowest BCUT2D eigenvalue weighted by Crippen LogP contribution is -2.46. The van der Waals surface area contributed by atoms with Crippen LogP contribution in [0.25, 0.3) is 0 Å². The van der Waals surface area contributed by atoms with E-state index < -0.39 is 24.6 Å². The van der Waals surface area contributed by atoms with Crippen LogP contribution >= 0.6 is 0 Å². The summed E-state index contributed by atoms with van der Waals surface area (Å²) >= 11 is 0. The van der Waals surface area contributed by atoms with Gasteiger partial charge in [0.25, 0.3) is 0 Å². The number of phenolic OH excluding ortho intramolecular Hbond substituents is 1. The highest BCUT2D eigenvalue weighted by Gasteiger charge is 2.20. The van der Waals surface area contributed by atoms with Crippen molar-refractivity contribution in [3.05, 3.63) is 24.3 Å². The number of carbonyl (C=O) groups excluding carboxylic acids is 1. The molecule has 0 bridgehead atoms. The number of amides is 2. The van der Waals surface area contributed by atoms with Gasteiger partial charge in [-0.25, -0.2) is 4.79 Å². The number of hydrogen-bond donors (Lipinski definition) is 3. The van der Waals surface area contributed by atoms with Gasteiger partial charge < -0.3 is 15.5 Å². The molecule has 0 spiro atoms. The van der Waals surface area contributed by atoms with E-state index in [1.54, 1.807) is 0 Å². The number of aliphatic carboxylic acids is 1. The number of nitrogens with zero attached hydrogens (tertiary/aromatic N) is 1. The van der Waals surface area contributed by atoms with Crippen molar-refractivity contribution in [2.75, 3.05) is 11.4 Å². The Kier molecular flexibility index (Phi) is 5.42. The van der Waals surface area contributed by atoms with E-state index in [-0.39, 0.29) is 5.75 Å². The van der Waals surface area contributed by atoms with Gasteiger partial charge in [0.15, 0.2) is 0 Å². The molecule has 0 aliphatic rings. The van der Waals surface area contributed by atoms with Gasteiger partial charge in [-0.05, 0) is 30.7 Å². The molecule has 6 heteroatoms. The molecule has 0 saturated heterocycles. The Hall–Kier alpha value is -2.68. The van der Waals surface area contributed by atoms with E-state index in [1.807, 2.05) is 6.92 Å². The molecular weight excluding hydrogens is 260 g/mol. The van der Waals surface area contributed by atoms with Gasteiger partial charge in [0.1, 0.15) is 12.3 Å². The third kappa shape index (κ3) is 4.21. The Labute approximate surface area is 117 Å². The highest BCUT2D eigenvalue weighted by Crippen LogP contribution is 2.18. The predicted molar refractivity (Wildman–Crippen MR) is 74.5 cm³/mol. The van der Waals surface area contributed by atoms with Crippen molar-refractivity contribution in [3.63, 3.8) is 0 Å². The summed E-state index contributed by atoms with van der Waals surface area (Å²) in [5.41, 5.74) is 0.356. The van der Waals surface area contributed by atoms with Crippen molar-refractivity contribution < 1.29 is 19.8 Å². The molecule has 0 heterocycles. The average molecular weight is 276 g/mol. The molecule has 0 aromatic heterocycles. The molecule has 0 saturated carbocycles. The summed E-state index contributed by atoms with van der Waals surface area (Å²) in [6.07, 6.45) is 5.80. The van der Waals surface area contributed by atoms with Gasteiger partial charge in [0, 0.05) is 5.69 Å². The third-order valence-electron chi connectivity index (χ3n) is 2.61. The first-order valence-electron chi connectivity index (χ1n) is 6.03. The molecule has 20 heavy (non-hydrogen) atoms. The summed E-state index contributed by atoms with van der Waals surface area (Å²) in [6, 6.07) is 4.59. The first-order chi connectivity index (χ1) is 9.47. The van der Waals surface area contributed by atoms with Crippen LogP contribution in [0.4, 0.5) is 10.5 Å². The standard InChI is InChI=1S/C14H16N2O4/c1-3-10(4-2)15-14(20)16(9-13(18)19)11-5-7-12(17)8-6-11/h1,5-8,10,17H,4,9H2,2H3,(H,15,20)(H,18,19). The molecule has 1 atom stereocenters. The number of urea groups is 1. The third-order valence-corrected chi connectivity index (χ3v) is 2.61. The second-order valence-corrected chi connectivity index (χ2v) is 4.07. The average Bonchev–Trinajstić information content (AvgIpc) is 2.42. The van der Waals surface area contributed by atoms with Crippen molar-refractivity contribution in [1.29, 1.82) is 0 Å². The molecule has 1 aromatic carbocycles. The van der Waals surface area contributed by atoms with E-state index in [4.69, 9.17) is 11.5 Å². The first-order valence-corrected chi connectivity index (χ1v) is 6.03. The molecule has 1 unspecified atom stereocenters. The number of carbonyl (C=O) groups is 2. The number of benzene rings is 1. The highest BCUT2D eigenvalue weighted by atomic mass is 16.4. The normalized spacial score (nSPS) is 11.2. The molecule has 1 rings (SSSR count). The fourth-order valence-corrected chi connectivity index (χ4v) is 1.54. The molecular formula is C14H16N2O4. The second kappa shape index (κ2) is 7.04. The largest absolute Gasteiger partial charge is 0.508 e. The lowest BCUT2D eigenvalue weighted by molar-refractivity contribution is -0.135. The van der Waals surface area contributed by atoms with Gasteiger partial charge in [-0.15, -0.1) is 6.42 Å². The van der Waals surface area contributed by atoms with Gasteiger partial charge in [0.05, 0.1) is 6.04 Å². The molecule has 0 aliphatic heterocycles. The lowest BCUT2D eigenvalue weighted by atomic mass is 10.2. The highest BCUT2D eigenvalue weighted by molar-refractivity contribution is 5.96. The number of phenols is 1. The van der Waals surface area contributed by atoms with Crippen LogP contribution in [-0.4, -0.2) is 34.8 Å². The molecule has 6 nitrogen and oxygen atoms in total. The van der Waals surface area contributed by atoms with Crippen molar-refractivity contribution in [1.82, 2.24) is 5.32 Å². The predicted octanol–water partition coefficient (Wildman–Crippen LogP) is 1.40. The van der Waals surface area contributed by atoms with Crippen LogP contribution in [0.2, 0.25) is 0 Å². The number of hydrogen-bond acceptors (Lipinski definition) is 3. The van der Waals surface area contributed by atoms with Crippen molar-refractivity contribution in [2.45, 2.75) is 19.4 Å². The van der Waals surface area contributed by atoms with E-state index in [0.29, 0.717) is 12.1 Å². The van der Waals surface area contributed by atoms with E-state index in [1.165, 1.54) is 24.3 Å². The van der Waals surface area contributed by atoms with Crippen LogP contribution in [-0.2, 0) is 4.79 Å². The van der Waals surface area contributed by atoms with Gasteiger partial charge in [0.2, 0.25) is 0 Å². The summed E-state index contributed by atoms with van der Waals surface area (Å²) in [5, 5.41) is 20.7. The summed E-state index contributed by atoms with van der Waals surface area (Å²) in [7, 11) is 0. The number of carboxylic acid groups (broad SMARTS) is 1. The topological polar surface area (TPSA) is 89.9 Å². The van der Waals surface area contributed by atoms with E-state index in [2.05, 4.69) is 11.2 Å². The smallest absolute Gasteiger partial charge is 0.323 e. The number of anilines is 1. The maximum atomic E-state index is 12.1. The number of terminal acetylenes is 1. The van der Waals surface area contributed by atoms with Crippen LogP contribution in [0.1, 0.15) is 13.3 Å². The maximum absolute atomic E-state index is 12.1. The summed E-state index contributed by atoms with van der Waals surface area (Å²) in [5.74, 6) is 1.28. The minimum absolute atomic E-state index is 0.0273. The second-order valence-electron chi connectivity index (χ2n) is 4.07. The van der Waals surface area contributed by atoms with Gasteiger partial charge >= 0.3 is 12.0 Å². The van der Waals surface area contributed by atoms with Crippen LogP contribution in [0.15, 0.2) is 24.3 Å². The Morgan fingerprint density at radius 3 is 2.45 bits per heavy atom. The zero-order valence-electron chi connectivity index (χ0n) is 11.0. The fraction of sp³-hybridized carbons (Fsp3) is 0.286. The summed E-state index contributed by atoms with van der Waals surface area (Å²) in [4.78, 5) is 24.0. The van der Waals surface area contributed by atoms with Gasteiger partial charge in [-0.3, -0.25) is 9.69 Å². The lowest BCUT2D eigenvalue weighted by Gasteiger charge is -2.23. The molecule has 0 fully saturated rings. The Bertz CT molecular complexity index is 519. The van der Waals surface area contributed by atoms with Gasteiger partial charge in [-0.2, -0.15) is 0 Å². The van der Waals surface area contributed by atoms with Crippen LogP contribution in [0.5, 0.6) is 5.75 Å². The Morgan fingerprint density at radius 1 is 1.40 bits per heavy atom. The van der Waals surface area contributed by atoms with Gasteiger partial charge in [-0.1, -0.05) is 12.8 Å². The fourth-order valence-electron chi connectivity index (χ4n) is 1.54. The molecule has 0 radical (unpaired) electrons. The number of aromatic hydroxyl groups is 1. The van der Waals surface area contributed by atoms with Crippen molar-refractivity contribution in [3.8, 4) is 18.1 Å². The first kappa shape index (κ1) is 15.4. The zero-order valence-corrected chi connectivity index (χ0v) is 11.0. The minimum atomic E-state index is -1.15. The van der Waals surface area contributed by atoms with E-state index in [0.717, 1.165) is 4.90 Å². The van der Waals surface area contributed by atoms with Crippen molar-refractivity contribution >= 4 is 17.7 Å². The van der Waals surface area contributed by atoms with E-state index >= 15 is 0 Å². The molecule has 106 valence electrons.